The second-order valence-corrected chi connectivity index (χ2v) is 8.84. The van der Waals surface area contributed by atoms with Gasteiger partial charge in [-0.25, -0.2) is 23.1 Å². The highest BCUT2D eigenvalue weighted by Crippen LogP contribution is 2.22. The molecule has 1 aliphatic rings. The molecule has 0 saturated carbocycles. The summed E-state index contributed by atoms with van der Waals surface area (Å²) in [5.41, 5.74) is 0.538. The van der Waals surface area contributed by atoms with Gasteiger partial charge in [0.1, 0.15) is 22.9 Å². The van der Waals surface area contributed by atoms with Crippen LogP contribution >= 0.6 is 0 Å². The van der Waals surface area contributed by atoms with E-state index >= 15 is 0 Å². The van der Waals surface area contributed by atoms with E-state index in [1.54, 1.807) is 31.4 Å². The Labute approximate surface area is 207 Å². The lowest BCUT2D eigenvalue weighted by atomic mass is 10.1. The van der Waals surface area contributed by atoms with Crippen molar-refractivity contribution in [3.05, 3.63) is 76.3 Å². The van der Waals surface area contributed by atoms with Crippen LogP contribution in [0.1, 0.15) is 24.8 Å². The summed E-state index contributed by atoms with van der Waals surface area (Å²) in [6.07, 6.45) is 5.22. The van der Waals surface area contributed by atoms with E-state index in [0.717, 1.165) is 19.6 Å². The maximum absolute atomic E-state index is 14.4. The number of fused-ring (bicyclic) bond motifs is 1. The fraction of sp³-hybridized carbons (Fsp3) is 0.346. The largest absolute Gasteiger partial charge is 0.497 e. The van der Waals surface area contributed by atoms with Crippen molar-refractivity contribution in [2.45, 2.75) is 25.8 Å². The van der Waals surface area contributed by atoms with Crippen LogP contribution < -0.4 is 15.7 Å². The number of nitrogens with zero attached hydrogens (tertiary/aromatic N) is 5. The molecule has 0 spiro atoms. The van der Waals surface area contributed by atoms with E-state index in [0.29, 0.717) is 35.1 Å². The summed E-state index contributed by atoms with van der Waals surface area (Å²) in [5, 5.41) is 3.25. The van der Waals surface area contributed by atoms with E-state index in [1.165, 1.54) is 52.8 Å². The van der Waals surface area contributed by atoms with Crippen LogP contribution in [-0.2, 0) is 6.54 Å². The van der Waals surface area contributed by atoms with Crippen molar-refractivity contribution >= 4 is 17.1 Å². The Morgan fingerprint density at radius 3 is 2.56 bits per heavy atom. The fourth-order valence-corrected chi connectivity index (χ4v) is 4.61. The van der Waals surface area contributed by atoms with E-state index in [1.807, 2.05) is 0 Å². The molecule has 3 heterocycles. The van der Waals surface area contributed by atoms with Gasteiger partial charge in [-0.2, -0.15) is 4.98 Å². The predicted molar refractivity (Wildman–Crippen MR) is 134 cm³/mol. The standard InChI is InChI=1S/C26H28F2N6O2/c1-36-19-8-5-7-18(15-19)34-24-23(33(26(34)35)17-20-21(27)9-6-10-22(20)28)16-30-25(31-24)29-11-14-32-12-3-2-4-13-32/h5-10,15-16H,2-4,11-14,17H2,1H3,(H,29,30,31). The molecule has 1 N–H and O–H groups in total. The zero-order valence-electron chi connectivity index (χ0n) is 20.1. The monoisotopic (exact) mass is 494 g/mol. The van der Waals surface area contributed by atoms with Gasteiger partial charge in [0.25, 0.3) is 0 Å². The van der Waals surface area contributed by atoms with E-state index < -0.39 is 17.3 Å². The quantitative estimate of drug-likeness (QED) is 0.401. The van der Waals surface area contributed by atoms with Crippen LogP contribution in [0.25, 0.3) is 16.9 Å². The van der Waals surface area contributed by atoms with Gasteiger partial charge in [0.2, 0.25) is 5.95 Å². The SMILES string of the molecule is COc1cccc(-n2c(=O)n(Cc3c(F)cccc3F)c3cnc(NCCN4CCCCC4)nc32)c1. The molecule has 2 aromatic heterocycles. The predicted octanol–water partition coefficient (Wildman–Crippen LogP) is 3.82. The Morgan fingerprint density at radius 1 is 1.06 bits per heavy atom. The number of methoxy groups -OCH3 is 1. The number of piperidine rings is 1. The Kier molecular flexibility index (Phi) is 6.95. The van der Waals surface area contributed by atoms with Crippen LogP contribution in [0, 0.1) is 11.6 Å². The molecule has 5 rings (SSSR count). The highest BCUT2D eigenvalue weighted by Gasteiger charge is 2.20. The van der Waals surface area contributed by atoms with Crippen molar-refractivity contribution in [3.8, 4) is 11.4 Å². The van der Waals surface area contributed by atoms with Crippen molar-refractivity contribution in [2.24, 2.45) is 0 Å². The van der Waals surface area contributed by atoms with Crippen molar-refractivity contribution in [3.63, 3.8) is 0 Å². The second-order valence-electron chi connectivity index (χ2n) is 8.84. The van der Waals surface area contributed by atoms with Crippen LogP contribution in [0.15, 0.2) is 53.5 Å². The Bertz CT molecular complexity index is 1410. The summed E-state index contributed by atoms with van der Waals surface area (Å²) in [5.74, 6) is -0.498. The normalized spacial score (nSPS) is 14.3. The lowest BCUT2D eigenvalue weighted by Crippen LogP contribution is -2.33. The molecule has 0 aliphatic carbocycles. The summed E-state index contributed by atoms with van der Waals surface area (Å²) in [6.45, 7) is 3.42. The van der Waals surface area contributed by atoms with Gasteiger partial charge in [0.05, 0.1) is 25.5 Å². The molecule has 0 amide bonds. The molecule has 0 bridgehead atoms. The zero-order valence-corrected chi connectivity index (χ0v) is 20.1. The highest BCUT2D eigenvalue weighted by atomic mass is 19.1. The summed E-state index contributed by atoms with van der Waals surface area (Å²) >= 11 is 0. The van der Waals surface area contributed by atoms with E-state index in [4.69, 9.17) is 4.74 Å². The smallest absolute Gasteiger partial charge is 0.335 e. The van der Waals surface area contributed by atoms with Gasteiger partial charge in [-0.15, -0.1) is 0 Å². The van der Waals surface area contributed by atoms with Gasteiger partial charge in [-0.1, -0.05) is 18.6 Å². The number of aromatic nitrogens is 4. The molecule has 1 aliphatic heterocycles. The third-order valence-corrected chi connectivity index (χ3v) is 6.52. The summed E-state index contributed by atoms with van der Waals surface area (Å²) in [4.78, 5) is 25.0. The van der Waals surface area contributed by atoms with E-state index in [-0.39, 0.29) is 12.1 Å². The number of likely N-dealkylation sites (tertiary alicyclic amines) is 1. The summed E-state index contributed by atoms with van der Waals surface area (Å²) < 4.78 is 36.9. The molecule has 188 valence electrons. The molecule has 0 radical (unpaired) electrons. The van der Waals surface area contributed by atoms with Gasteiger partial charge in [0, 0.05) is 24.7 Å². The topological polar surface area (TPSA) is 77.2 Å². The summed E-state index contributed by atoms with van der Waals surface area (Å²) in [7, 11) is 1.54. The minimum absolute atomic E-state index is 0.201. The highest BCUT2D eigenvalue weighted by molar-refractivity contribution is 5.74. The van der Waals surface area contributed by atoms with Crippen LogP contribution in [0.4, 0.5) is 14.7 Å². The average molecular weight is 495 g/mol. The molecule has 2 aromatic carbocycles. The van der Waals surface area contributed by atoms with Crippen LogP contribution in [0.5, 0.6) is 5.75 Å². The lowest BCUT2D eigenvalue weighted by molar-refractivity contribution is 0.237. The van der Waals surface area contributed by atoms with Crippen molar-refractivity contribution in [1.82, 2.24) is 24.0 Å². The van der Waals surface area contributed by atoms with Gasteiger partial charge in [-0.05, 0) is 50.2 Å². The molecular formula is C26H28F2N6O2. The summed E-state index contributed by atoms with van der Waals surface area (Å²) in [6, 6.07) is 10.6. The number of imidazole rings is 1. The van der Waals surface area contributed by atoms with Crippen molar-refractivity contribution in [1.29, 1.82) is 0 Å². The molecule has 0 unspecified atom stereocenters. The third kappa shape index (κ3) is 4.81. The van der Waals surface area contributed by atoms with Gasteiger partial charge >= 0.3 is 5.69 Å². The third-order valence-electron chi connectivity index (χ3n) is 6.52. The zero-order chi connectivity index (χ0) is 25.1. The lowest BCUT2D eigenvalue weighted by Gasteiger charge is -2.26. The number of ether oxygens (including phenoxy) is 1. The fourth-order valence-electron chi connectivity index (χ4n) is 4.61. The Balaban J connectivity index is 1.54. The van der Waals surface area contributed by atoms with Crippen LogP contribution in [0.2, 0.25) is 0 Å². The molecular weight excluding hydrogens is 466 g/mol. The first-order valence-corrected chi connectivity index (χ1v) is 12.1. The molecule has 8 nitrogen and oxygen atoms in total. The van der Waals surface area contributed by atoms with E-state index in [2.05, 4.69) is 20.2 Å². The molecule has 4 aromatic rings. The Morgan fingerprint density at radius 2 is 1.81 bits per heavy atom. The minimum Gasteiger partial charge on any atom is -0.497 e. The first kappa shape index (κ1) is 23.9. The minimum atomic E-state index is -0.721. The molecule has 0 atom stereocenters. The number of halogens is 2. The number of anilines is 1. The number of rotatable bonds is 8. The van der Waals surface area contributed by atoms with Gasteiger partial charge in [-0.3, -0.25) is 4.57 Å². The number of hydrogen-bond acceptors (Lipinski definition) is 6. The van der Waals surface area contributed by atoms with Crippen molar-refractivity contribution < 1.29 is 13.5 Å². The first-order chi connectivity index (χ1) is 17.5. The maximum atomic E-state index is 14.4. The van der Waals surface area contributed by atoms with Crippen molar-refractivity contribution in [2.75, 3.05) is 38.6 Å². The van der Waals surface area contributed by atoms with Crippen LogP contribution in [0.3, 0.4) is 0 Å². The molecule has 1 saturated heterocycles. The molecule has 36 heavy (non-hydrogen) atoms. The second kappa shape index (κ2) is 10.4. The number of benzene rings is 2. The molecule has 1 fully saturated rings. The van der Waals surface area contributed by atoms with E-state index in [9.17, 15) is 13.6 Å². The number of hydrogen-bond donors (Lipinski definition) is 1. The molecule has 10 heteroatoms. The van der Waals surface area contributed by atoms with Gasteiger partial charge < -0.3 is 15.0 Å². The average Bonchev–Trinajstić information content (AvgIpc) is 3.17. The maximum Gasteiger partial charge on any atom is 0.335 e. The Hall–Kier alpha value is -3.79. The number of nitrogens with one attached hydrogen (secondary N) is 1. The van der Waals surface area contributed by atoms with Crippen LogP contribution in [-0.4, -0.2) is 57.3 Å². The van der Waals surface area contributed by atoms with Gasteiger partial charge in [0.15, 0.2) is 5.65 Å². The first-order valence-electron chi connectivity index (χ1n) is 12.1.